The van der Waals surface area contributed by atoms with Crippen molar-refractivity contribution < 1.29 is 14.6 Å². The maximum atomic E-state index is 11.5. The average molecular weight is 292 g/mol. The number of rotatable bonds is 2. The molecule has 1 heterocycles. The van der Waals surface area contributed by atoms with E-state index < -0.39 is 6.09 Å². The molecule has 0 saturated carbocycles. The van der Waals surface area contributed by atoms with Gasteiger partial charge in [0.2, 0.25) is 0 Å². The first-order chi connectivity index (χ1) is 9.84. The van der Waals surface area contributed by atoms with Gasteiger partial charge in [0, 0.05) is 19.6 Å². The standard InChI is InChI=1S/C16H24N2O3/c1-16(2,3)14-11-17(9-10-18(14)15(19)20)12-7-5-6-8-13(12)21-4/h5-8,14H,9-11H2,1-4H3,(H,19,20). The molecule has 116 valence electrons. The van der Waals surface area contributed by atoms with E-state index in [2.05, 4.69) is 25.7 Å². The third-order valence-electron chi connectivity index (χ3n) is 4.05. The van der Waals surface area contributed by atoms with Crippen molar-refractivity contribution in [1.82, 2.24) is 4.90 Å². The van der Waals surface area contributed by atoms with E-state index in [0.29, 0.717) is 19.6 Å². The van der Waals surface area contributed by atoms with E-state index in [1.807, 2.05) is 24.3 Å². The SMILES string of the molecule is COc1ccccc1N1CCN(C(=O)O)C(C(C)(C)C)C1. The molecule has 2 rings (SSSR count). The zero-order chi connectivity index (χ0) is 15.6. The Labute approximate surface area is 126 Å². The highest BCUT2D eigenvalue weighted by Gasteiger charge is 2.38. The van der Waals surface area contributed by atoms with Crippen LogP contribution in [0.2, 0.25) is 0 Å². The largest absolute Gasteiger partial charge is 0.495 e. The van der Waals surface area contributed by atoms with Gasteiger partial charge in [0.25, 0.3) is 0 Å². The molecule has 5 heteroatoms. The van der Waals surface area contributed by atoms with Gasteiger partial charge in [0.05, 0.1) is 18.8 Å². The molecule has 0 spiro atoms. The predicted molar refractivity (Wildman–Crippen MR) is 83.2 cm³/mol. The summed E-state index contributed by atoms with van der Waals surface area (Å²) in [5.41, 5.74) is 0.915. The Balaban J connectivity index is 2.27. The molecule has 0 radical (unpaired) electrons. The van der Waals surface area contributed by atoms with Crippen molar-refractivity contribution in [2.24, 2.45) is 5.41 Å². The van der Waals surface area contributed by atoms with Gasteiger partial charge in [-0.3, -0.25) is 0 Å². The molecule has 21 heavy (non-hydrogen) atoms. The lowest BCUT2D eigenvalue weighted by Crippen LogP contribution is -2.59. The van der Waals surface area contributed by atoms with Crippen LogP contribution >= 0.6 is 0 Å². The van der Waals surface area contributed by atoms with Gasteiger partial charge in [0.1, 0.15) is 5.75 Å². The summed E-state index contributed by atoms with van der Waals surface area (Å²) >= 11 is 0. The van der Waals surface area contributed by atoms with Gasteiger partial charge in [-0.15, -0.1) is 0 Å². The monoisotopic (exact) mass is 292 g/mol. The zero-order valence-electron chi connectivity index (χ0n) is 13.2. The number of ether oxygens (including phenoxy) is 1. The van der Waals surface area contributed by atoms with E-state index >= 15 is 0 Å². The van der Waals surface area contributed by atoms with Gasteiger partial charge in [0.15, 0.2) is 0 Å². The van der Waals surface area contributed by atoms with E-state index in [4.69, 9.17) is 4.74 Å². The molecule has 1 atom stereocenters. The molecule has 1 unspecified atom stereocenters. The smallest absolute Gasteiger partial charge is 0.407 e. The minimum atomic E-state index is -0.838. The Morgan fingerprint density at radius 2 is 1.95 bits per heavy atom. The number of nitrogens with zero attached hydrogens (tertiary/aromatic N) is 2. The van der Waals surface area contributed by atoms with Gasteiger partial charge in [-0.25, -0.2) is 4.79 Å². The molecule has 0 bridgehead atoms. The first kappa shape index (κ1) is 15.5. The second-order valence-corrected chi connectivity index (χ2v) is 6.48. The van der Waals surface area contributed by atoms with Crippen LogP contribution in [0.5, 0.6) is 5.75 Å². The minimum Gasteiger partial charge on any atom is -0.495 e. The van der Waals surface area contributed by atoms with Crippen LogP contribution in [-0.4, -0.2) is 48.9 Å². The molecule has 1 aromatic carbocycles. The average Bonchev–Trinajstić information content (AvgIpc) is 2.45. The first-order valence-corrected chi connectivity index (χ1v) is 7.22. The predicted octanol–water partition coefficient (Wildman–Crippen LogP) is 2.91. The highest BCUT2D eigenvalue weighted by atomic mass is 16.5. The van der Waals surface area contributed by atoms with Crippen LogP contribution < -0.4 is 9.64 Å². The lowest BCUT2D eigenvalue weighted by atomic mass is 9.84. The summed E-state index contributed by atoms with van der Waals surface area (Å²) in [5, 5.41) is 9.41. The summed E-state index contributed by atoms with van der Waals surface area (Å²) in [7, 11) is 1.66. The fraction of sp³-hybridized carbons (Fsp3) is 0.562. The number of carboxylic acid groups (broad SMARTS) is 1. The number of methoxy groups -OCH3 is 1. The van der Waals surface area contributed by atoms with Crippen LogP contribution in [0.1, 0.15) is 20.8 Å². The van der Waals surface area contributed by atoms with Crippen molar-refractivity contribution in [3.8, 4) is 5.75 Å². The molecule has 1 amide bonds. The summed E-state index contributed by atoms with van der Waals surface area (Å²) in [5.74, 6) is 0.828. The molecule has 5 nitrogen and oxygen atoms in total. The molecule has 0 aromatic heterocycles. The fourth-order valence-corrected chi connectivity index (χ4v) is 2.86. The van der Waals surface area contributed by atoms with Crippen LogP contribution in [-0.2, 0) is 0 Å². The van der Waals surface area contributed by atoms with Crippen molar-refractivity contribution in [1.29, 1.82) is 0 Å². The van der Waals surface area contributed by atoms with Crippen molar-refractivity contribution in [2.75, 3.05) is 31.6 Å². The molecule has 1 N–H and O–H groups in total. The lowest BCUT2D eigenvalue weighted by Gasteiger charge is -2.46. The van der Waals surface area contributed by atoms with Crippen LogP contribution in [0, 0.1) is 5.41 Å². The molecule has 1 aliphatic rings. The molecular formula is C16H24N2O3. The Hall–Kier alpha value is -1.91. The first-order valence-electron chi connectivity index (χ1n) is 7.22. The molecule has 1 saturated heterocycles. The third kappa shape index (κ3) is 3.23. The van der Waals surface area contributed by atoms with Gasteiger partial charge in [-0.1, -0.05) is 32.9 Å². The highest BCUT2D eigenvalue weighted by Crippen LogP contribution is 2.33. The number of hydrogen-bond acceptors (Lipinski definition) is 3. The van der Waals surface area contributed by atoms with Gasteiger partial charge >= 0.3 is 6.09 Å². The summed E-state index contributed by atoms with van der Waals surface area (Å²) in [6.45, 7) is 8.11. The Morgan fingerprint density at radius 3 is 2.52 bits per heavy atom. The van der Waals surface area contributed by atoms with Crippen molar-refractivity contribution in [3.05, 3.63) is 24.3 Å². The van der Waals surface area contributed by atoms with E-state index in [0.717, 1.165) is 11.4 Å². The van der Waals surface area contributed by atoms with Crippen LogP contribution in [0.3, 0.4) is 0 Å². The van der Waals surface area contributed by atoms with E-state index in [9.17, 15) is 9.90 Å². The molecule has 0 aliphatic carbocycles. The minimum absolute atomic E-state index is 0.0475. The Morgan fingerprint density at radius 1 is 1.29 bits per heavy atom. The van der Waals surface area contributed by atoms with Gasteiger partial charge < -0.3 is 19.6 Å². The van der Waals surface area contributed by atoms with Crippen LogP contribution in [0.15, 0.2) is 24.3 Å². The van der Waals surface area contributed by atoms with Crippen LogP contribution in [0.25, 0.3) is 0 Å². The Kier molecular flexibility index (Phi) is 4.30. The number of para-hydroxylation sites is 2. The zero-order valence-corrected chi connectivity index (χ0v) is 13.2. The number of piperazine rings is 1. The Bertz CT molecular complexity index is 510. The molecular weight excluding hydrogens is 268 g/mol. The highest BCUT2D eigenvalue weighted by molar-refractivity contribution is 5.67. The van der Waals surface area contributed by atoms with Gasteiger partial charge in [-0.2, -0.15) is 0 Å². The summed E-state index contributed by atoms with van der Waals surface area (Å²) in [6.07, 6.45) is -0.838. The topological polar surface area (TPSA) is 53.0 Å². The quantitative estimate of drug-likeness (QED) is 0.910. The number of anilines is 1. The van der Waals surface area contributed by atoms with Crippen molar-refractivity contribution in [2.45, 2.75) is 26.8 Å². The van der Waals surface area contributed by atoms with Crippen molar-refractivity contribution >= 4 is 11.8 Å². The third-order valence-corrected chi connectivity index (χ3v) is 4.05. The van der Waals surface area contributed by atoms with Crippen molar-refractivity contribution in [3.63, 3.8) is 0 Å². The summed E-state index contributed by atoms with van der Waals surface area (Å²) < 4.78 is 5.42. The molecule has 1 aliphatic heterocycles. The number of benzene rings is 1. The molecule has 1 fully saturated rings. The second kappa shape index (κ2) is 5.84. The second-order valence-electron chi connectivity index (χ2n) is 6.48. The van der Waals surface area contributed by atoms with E-state index in [-0.39, 0.29) is 11.5 Å². The normalized spacial score (nSPS) is 19.5. The summed E-state index contributed by atoms with van der Waals surface area (Å²) in [4.78, 5) is 15.2. The van der Waals surface area contributed by atoms with E-state index in [1.54, 1.807) is 12.0 Å². The van der Waals surface area contributed by atoms with Crippen LogP contribution in [0.4, 0.5) is 10.5 Å². The maximum Gasteiger partial charge on any atom is 0.407 e. The lowest BCUT2D eigenvalue weighted by molar-refractivity contribution is 0.0747. The maximum absolute atomic E-state index is 11.5. The fourth-order valence-electron chi connectivity index (χ4n) is 2.86. The van der Waals surface area contributed by atoms with E-state index in [1.165, 1.54) is 0 Å². The van der Waals surface area contributed by atoms with Gasteiger partial charge in [-0.05, 0) is 17.5 Å². The summed E-state index contributed by atoms with van der Waals surface area (Å²) in [6, 6.07) is 7.83. The number of carbonyl (C=O) groups is 1. The number of amides is 1. The molecule has 1 aromatic rings. The number of hydrogen-bond donors (Lipinski definition) is 1.